The number of amides is 1. The summed E-state index contributed by atoms with van der Waals surface area (Å²) in [5, 5.41) is 0.434. The number of carbonyl (C=O) groups excluding carboxylic acids is 1. The maximum atomic E-state index is 12.5. The fourth-order valence-electron chi connectivity index (χ4n) is 4.16. The molecule has 2 aliphatic rings. The molecule has 0 N–H and O–H groups in total. The summed E-state index contributed by atoms with van der Waals surface area (Å²) in [5.41, 5.74) is 0.525. The van der Waals surface area contributed by atoms with Crippen molar-refractivity contribution in [2.45, 2.75) is 25.2 Å². The molecule has 1 amide bonds. The smallest absolute Gasteiger partial charge is 0.332 e. The lowest BCUT2D eigenvalue weighted by atomic mass is 10.0. The largest absolute Gasteiger partial charge is 0.341 e. The number of hydrogen-bond acceptors (Lipinski definition) is 5. The van der Waals surface area contributed by atoms with Crippen LogP contribution in [0, 0.1) is 0 Å². The zero-order valence-corrected chi connectivity index (χ0v) is 15.8. The van der Waals surface area contributed by atoms with Crippen LogP contribution in [0.15, 0.2) is 21.7 Å². The molecule has 27 heavy (non-hydrogen) atoms. The Balaban J connectivity index is 1.55. The molecule has 8 heteroatoms. The van der Waals surface area contributed by atoms with Crippen LogP contribution in [0.4, 0.5) is 0 Å². The van der Waals surface area contributed by atoms with Crippen molar-refractivity contribution in [2.75, 3.05) is 32.7 Å². The summed E-state index contributed by atoms with van der Waals surface area (Å²) in [6, 6.07) is 3.60. The topological polar surface area (TPSA) is 80.4 Å². The molecule has 2 aromatic heterocycles. The van der Waals surface area contributed by atoms with Gasteiger partial charge in [0.25, 0.3) is 5.56 Å². The Morgan fingerprint density at radius 2 is 1.85 bits per heavy atom. The molecule has 0 spiro atoms. The molecule has 2 aliphatic heterocycles. The van der Waals surface area contributed by atoms with Crippen molar-refractivity contribution in [3.8, 4) is 0 Å². The van der Waals surface area contributed by atoms with E-state index in [0.717, 1.165) is 36.3 Å². The molecule has 0 bridgehead atoms. The molecule has 1 atom stereocenters. The number of aromatic nitrogens is 3. The van der Waals surface area contributed by atoms with E-state index in [-0.39, 0.29) is 23.1 Å². The van der Waals surface area contributed by atoms with Crippen LogP contribution in [0.2, 0.25) is 0 Å². The van der Waals surface area contributed by atoms with Gasteiger partial charge in [-0.05, 0) is 44.5 Å². The van der Waals surface area contributed by atoms with Gasteiger partial charge in [-0.3, -0.25) is 23.6 Å². The highest BCUT2D eigenvalue weighted by atomic mass is 16.2. The minimum absolute atomic E-state index is 0.135. The van der Waals surface area contributed by atoms with Gasteiger partial charge in [0, 0.05) is 38.8 Å². The average Bonchev–Trinajstić information content (AvgIpc) is 3.36. The number of pyridine rings is 1. The predicted octanol–water partition coefficient (Wildman–Crippen LogP) is 0.0439. The number of rotatable bonds is 3. The molecule has 2 aromatic rings. The molecule has 0 saturated carbocycles. The maximum absolute atomic E-state index is 12.5. The van der Waals surface area contributed by atoms with E-state index in [1.165, 1.54) is 24.5 Å². The monoisotopic (exact) mass is 371 g/mol. The van der Waals surface area contributed by atoms with E-state index in [1.807, 2.05) is 11.0 Å². The Bertz CT molecular complexity index is 1000. The molecule has 0 aromatic carbocycles. The highest BCUT2D eigenvalue weighted by Gasteiger charge is 2.29. The molecule has 4 heterocycles. The van der Waals surface area contributed by atoms with Crippen LogP contribution in [0.25, 0.3) is 11.0 Å². The average molecular weight is 371 g/mol. The number of likely N-dealkylation sites (tertiary alicyclic amines) is 2. The first kappa shape index (κ1) is 17.9. The number of aryl methyl sites for hydroxylation is 1. The fraction of sp³-hybridized carbons (Fsp3) is 0.579. The number of hydrogen-bond donors (Lipinski definition) is 0. The van der Waals surface area contributed by atoms with Crippen LogP contribution in [-0.4, -0.2) is 62.5 Å². The molecular weight excluding hydrogens is 346 g/mol. The highest BCUT2D eigenvalue weighted by molar-refractivity contribution is 5.79. The van der Waals surface area contributed by atoms with Crippen LogP contribution in [0.5, 0.6) is 0 Å². The third-order valence-electron chi connectivity index (χ3n) is 5.84. The van der Waals surface area contributed by atoms with Crippen molar-refractivity contribution < 1.29 is 4.79 Å². The van der Waals surface area contributed by atoms with Gasteiger partial charge < -0.3 is 4.90 Å². The molecule has 8 nitrogen and oxygen atoms in total. The van der Waals surface area contributed by atoms with Crippen molar-refractivity contribution >= 4 is 16.9 Å². The van der Waals surface area contributed by atoms with Crippen molar-refractivity contribution in [2.24, 2.45) is 14.1 Å². The van der Waals surface area contributed by atoms with Crippen molar-refractivity contribution in [1.29, 1.82) is 0 Å². The van der Waals surface area contributed by atoms with Crippen LogP contribution in [0.3, 0.4) is 0 Å². The first-order chi connectivity index (χ1) is 13.0. The number of nitrogens with zero attached hydrogens (tertiary/aromatic N) is 5. The highest BCUT2D eigenvalue weighted by Crippen LogP contribution is 2.27. The Kier molecular flexibility index (Phi) is 4.59. The number of carbonyl (C=O) groups is 1. The summed E-state index contributed by atoms with van der Waals surface area (Å²) < 4.78 is 2.50. The second-order valence-corrected chi connectivity index (χ2v) is 7.62. The maximum Gasteiger partial charge on any atom is 0.332 e. The van der Waals surface area contributed by atoms with Crippen LogP contribution < -0.4 is 11.2 Å². The van der Waals surface area contributed by atoms with Crippen LogP contribution in [-0.2, 0) is 18.9 Å². The van der Waals surface area contributed by atoms with Gasteiger partial charge in [0.05, 0.1) is 11.9 Å². The first-order valence-corrected chi connectivity index (χ1v) is 9.52. The van der Waals surface area contributed by atoms with Crippen LogP contribution in [0.1, 0.15) is 30.9 Å². The lowest BCUT2D eigenvalue weighted by Gasteiger charge is -2.21. The summed E-state index contributed by atoms with van der Waals surface area (Å²) >= 11 is 0. The normalized spacial score (nSPS) is 20.7. The standard InChI is InChI=1S/C19H25N5O3/c1-21-17-14(18(26)22(2)19(21)27)5-6-15(20-17)13-7-10-24(11-13)16(25)12-23-8-3-4-9-23/h5-6,13H,3-4,7-12H2,1-2H3. The van der Waals surface area contributed by atoms with E-state index in [2.05, 4.69) is 9.88 Å². The number of fused-ring (bicyclic) bond motifs is 1. The van der Waals surface area contributed by atoms with Gasteiger partial charge in [0.15, 0.2) is 0 Å². The van der Waals surface area contributed by atoms with Crippen molar-refractivity contribution in [3.63, 3.8) is 0 Å². The zero-order valence-electron chi connectivity index (χ0n) is 15.8. The quantitative estimate of drug-likeness (QED) is 0.761. The summed E-state index contributed by atoms with van der Waals surface area (Å²) in [6.45, 7) is 3.90. The summed E-state index contributed by atoms with van der Waals surface area (Å²) in [6.07, 6.45) is 3.20. The fourth-order valence-corrected chi connectivity index (χ4v) is 4.16. The predicted molar refractivity (Wildman–Crippen MR) is 102 cm³/mol. The Hall–Kier alpha value is -2.48. The molecular formula is C19H25N5O3. The molecule has 144 valence electrons. The molecule has 1 unspecified atom stereocenters. The Morgan fingerprint density at radius 3 is 2.59 bits per heavy atom. The molecule has 2 fully saturated rings. The van der Waals surface area contributed by atoms with Gasteiger partial charge >= 0.3 is 5.69 Å². The lowest BCUT2D eigenvalue weighted by molar-refractivity contribution is -0.131. The summed E-state index contributed by atoms with van der Waals surface area (Å²) in [7, 11) is 3.10. The molecule has 4 rings (SSSR count). The van der Waals surface area contributed by atoms with Gasteiger partial charge in [0.2, 0.25) is 5.91 Å². The van der Waals surface area contributed by atoms with Gasteiger partial charge in [-0.25, -0.2) is 9.78 Å². The van der Waals surface area contributed by atoms with Gasteiger partial charge in [-0.15, -0.1) is 0 Å². The molecule has 0 radical (unpaired) electrons. The van der Waals surface area contributed by atoms with Crippen molar-refractivity contribution in [1.82, 2.24) is 23.9 Å². The van der Waals surface area contributed by atoms with Gasteiger partial charge in [-0.2, -0.15) is 0 Å². The molecule has 0 aliphatic carbocycles. The van der Waals surface area contributed by atoms with E-state index in [0.29, 0.717) is 24.1 Å². The second kappa shape index (κ2) is 6.92. The SMILES string of the molecule is Cn1c(=O)c2ccc(C3CCN(C(=O)CN4CCCC4)C3)nc2n(C)c1=O. The van der Waals surface area contributed by atoms with E-state index in [4.69, 9.17) is 0 Å². The summed E-state index contributed by atoms with van der Waals surface area (Å²) in [4.78, 5) is 45.8. The Labute approximate surface area is 157 Å². The van der Waals surface area contributed by atoms with Gasteiger partial charge in [0.1, 0.15) is 5.65 Å². The first-order valence-electron chi connectivity index (χ1n) is 9.52. The minimum Gasteiger partial charge on any atom is -0.341 e. The second-order valence-electron chi connectivity index (χ2n) is 7.62. The molecule has 2 saturated heterocycles. The Morgan fingerprint density at radius 1 is 1.11 bits per heavy atom. The van der Waals surface area contributed by atoms with Gasteiger partial charge in [-0.1, -0.05) is 0 Å². The zero-order chi connectivity index (χ0) is 19.1. The van der Waals surface area contributed by atoms with E-state index in [1.54, 1.807) is 13.1 Å². The third kappa shape index (κ3) is 3.18. The van der Waals surface area contributed by atoms with E-state index >= 15 is 0 Å². The third-order valence-corrected chi connectivity index (χ3v) is 5.84. The van der Waals surface area contributed by atoms with E-state index in [9.17, 15) is 14.4 Å². The minimum atomic E-state index is -0.383. The van der Waals surface area contributed by atoms with E-state index < -0.39 is 0 Å². The summed E-state index contributed by atoms with van der Waals surface area (Å²) in [5.74, 6) is 0.317. The van der Waals surface area contributed by atoms with Crippen LogP contribution >= 0.6 is 0 Å². The van der Waals surface area contributed by atoms with Crippen molar-refractivity contribution in [3.05, 3.63) is 38.7 Å². The lowest BCUT2D eigenvalue weighted by Crippen LogP contribution is -2.38.